The zero-order chi connectivity index (χ0) is 18.5. The number of aliphatic hydroxyl groups excluding tert-OH is 1. The molecular weight excluding hydrogens is 358 g/mol. The number of anilines is 1. The maximum absolute atomic E-state index is 8.93. The van der Waals surface area contributed by atoms with Crippen molar-refractivity contribution in [3.8, 4) is 0 Å². The largest absolute Gasteiger partial charge is 0.394 e. The highest BCUT2D eigenvalue weighted by atomic mass is 32.2. The second-order valence-corrected chi connectivity index (χ2v) is 7.69. The van der Waals surface area contributed by atoms with E-state index in [1.54, 1.807) is 11.8 Å². The molecule has 2 aromatic carbocycles. The van der Waals surface area contributed by atoms with Gasteiger partial charge in [-0.1, -0.05) is 30.0 Å². The monoisotopic (exact) mass is 383 g/mol. The van der Waals surface area contributed by atoms with E-state index in [1.165, 1.54) is 26.6 Å². The van der Waals surface area contributed by atoms with Crippen molar-refractivity contribution in [1.29, 1.82) is 0 Å². The summed E-state index contributed by atoms with van der Waals surface area (Å²) in [5, 5.41) is 12.4. The zero-order valence-corrected chi connectivity index (χ0v) is 16.2. The zero-order valence-electron chi connectivity index (χ0n) is 15.4. The van der Waals surface area contributed by atoms with E-state index in [9.17, 15) is 0 Å². The van der Waals surface area contributed by atoms with E-state index in [2.05, 4.69) is 40.5 Å². The van der Waals surface area contributed by atoms with Crippen molar-refractivity contribution in [3.05, 3.63) is 47.5 Å². The molecule has 0 atom stereocenters. The van der Waals surface area contributed by atoms with Gasteiger partial charge >= 0.3 is 0 Å². The minimum atomic E-state index is 0.0643. The molecule has 6 heteroatoms. The molecule has 2 aliphatic heterocycles. The van der Waals surface area contributed by atoms with Gasteiger partial charge in [-0.2, -0.15) is 0 Å². The molecule has 2 aliphatic rings. The van der Waals surface area contributed by atoms with E-state index in [0.717, 1.165) is 38.3 Å². The summed E-state index contributed by atoms with van der Waals surface area (Å²) < 4.78 is 5.51. The van der Waals surface area contributed by atoms with E-state index >= 15 is 0 Å². The molecule has 2 N–H and O–H groups in total. The Kier molecular flexibility index (Phi) is 6.09. The number of nitrogens with zero attached hydrogens (tertiary/aromatic N) is 2. The number of hydrogen-bond acceptors (Lipinski definition) is 6. The SMILES string of the molecule is OCCOCCc1ccc(N2CCNCC2)c2c1Sc1ccccc1N=C2. The van der Waals surface area contributed by atoms with Crippen LogP contribution < -0.4 is 10.2 Å². The first-order valence-corrected chi connectivity index (χ1v) is 10.3. The van der Waals surface area contributed by atoms with Crippen LogP contribution in [0.4, 0.5) is 11.4 Å². The van der Waals surface area contributed by atoms with Crippen LogP contribution in [0.25, 0.3) is 0 Å². The van der Waals surface area contributed by atoms with Crippen LogP contribution >= 0.6 is 11.8 Å². The second kappa shape index (κ2) is 8.89. The molecule has 4 rings (SSSR count). The second-order valence-electron chi connectivity index (χ2n) is 6.64. The Hall–Kier alpha value is -1.86. The van der Waals surface area contributed by atoms with E-state index in [-0.39, 0.29) is 6.61 Å². The number of hydrogen-bond donors (Lipinski definition) is 2. The molecule has 1 saturated heterocycles. The number of piperazine rings is 1. The predicted molar refractivity (Wildman–Crippen MR) is 111 cm³/mol. The molecule has 2 heterocycles. The highest BCUT2D eigenvalue weighted by molar-refractivity contribution is 7.99. The van der Waals surface area contributed by atoms with Gasteiger partial charge in [0.05, 0.1) is 25.5 Å². The van der Waals surface area contributed by atoms with Crippen molar-refractivity contribution < 1.29 is 9.84 Å². The number of aliphatic hydroxyl groups is 1. The van der Waals surface area contributed by atoms with E-state index in [4.69, 9.17) is 14.8 Å². The van der Waals surface area contributed by atoms with Gasteiger partial charge < -0.3 is 20.1 Å². The number of nitrogens with one attached hydrogen (secondary N) is 1. The molecule has 0 unspecified atom stereocenters. The van der Waals surface area contributed by atoms with Crippen LogP contribution in [0.3, 0.4) is 0 Å². The molecule has 27 heavy (non-hydrogen) atoms. The van der Waals surface area contributed by atoms with Crippen LogP contribution in [0, 0.1) is 0 Å². The van der Waals surface area contributed by atoms with Gasteiger partial charge in [-0.15, -0.1) is 0 Å². The van der Waals surface area contributed by atoms with Crippen LogP contribution in [-0.2, 0) is 11.2 Å². The van der Waals surface area contributed by atoms with Gasteiger partial charge in [0.15, 0.2) is 0 Å². The molecule has 0 aromatic heterocycles. The minimum absolute atomic E-state index is 0.0643. The maximum atomic E-state index is 8.93. The first kappa shape index (κ1) is 18.5. The Balaban J connectivity index is 1.71. The summed E-state index contributed by atoms with van der Waals surface area (Å²) in [6.45, 7) is 5.10. The quantitative estimate of drug-likeness (QED) is 0.641. The number of benzene rings is 2. The molecule has 5 nitrogen and oxygen atoms in total. The number of fused-ring (bicyclic) bond motifs is 2. The highest BCUT2D eigenvalue weighted by Gasteiger charge is 2.21. The van der Waals surface area contributed by atoms with Crippen LogP contribution in [0.1, 0.15) is 11.1 Å². The molecule has 0 spiro atoms. The van der Waals surface area contributed by atoms with Gasteiger partial charge in [0.2, 0.25) is 0 Å². The molecule has 0 amide bonds. The number of aliphatic imine (C=N–C) groups is 1. The third-order valence-corrected chi connectivity index (χ3v) is 6.13. The summed E-state index contributed by atoms with van der Waals surface area (Å²) >= 11 is 1.80. The summed E-state index contributed by atoms with van der Waals surface area (Å²) in [5.41, 5.74) is 4.76. The summed E-state index contributed by atoms with van der Waals surface area (Å²) in [4.78, 5) is 9.68. The van der Waals surface area contributed by atoms with Crippen molar-refractivity contribution >= 4 is 29.4 Å². The Morgan fingerprint density at radius 3 is 2.81 bits per heavy atom. The van der Waals surface area contributed by atoms with Gasteiger partial charge in [0.25, 0.3) is 0 Å². The molecule has 0 saturated carbocycles. The van der Waals surface area contributed by atoms with E-state index < -0.39 is 0 Å². The van der Waals surface area contributed by atoms with Crippen LogP contribution in [0.5, 0.6) is 0 Å². The summed E-state index contributed by atoms with van der Waals surface area (Å²) in [6.07, 6.45) is 2.86. The lowest BCUT2D eigenvalue weighted by Crippen LogP contribution is -2.44. The third kappa shape index (κ3) is 4.19. The summed E-state index contributed by atoms with van der Waals surface area (Å²) in [5.74, 6) is 0. The van der Waals surface area contributed by atoms with Crippen molar-refractivity contribution in [1.82, 2.24) is 5.32 Å². The van der Waals surface area contributed by atoms with Crippen LogP contribution in [-0.4, -0.2) is 57.3 Å². The normalized spacial score (nSPS) is 16.0. The van der Waals surface area contributed by atoms with E-state index in [1.807, 2.05) is 12.3 Å². The van der Waals surface area contributed by atoms with Crippen molar-refractivity contribution in [2.24, 2.45) is 4.99 Å². The molecule has 1 fully saturated rings. The number of ether oxygens (including phenoxy) is 1. The molecule has 0 aliphatic carbocycles. The fourth-order valence-electron chi connectivity index (χ4n) is 3.50. The predicted octanol–water partition coefficient (Wildman–Crippen LogP) is 2.86. The molecular formula is C21H25N3O2S. The Labute approximate surface area is 164 Å². The van der Waals surface area contributed by atoms with Crippen LogP contribution in [0.15, 0.2) is 51.2 Å². The Morgan fingerprint density at radius 1 is 1.11 bits per heavy atom. The van der Waals surface area contributed by atoms with Crippen molar-refractivity contribution in [3.63, 3.8) is 0 Å². The average molecular weight is 384 g/mol. The highest BCUT2D eigenvalue weighted by Crippen LogP contribution is 2.43. The van der Waals surface area contributed by atoms with Crippen molar-refractivity contribution in [2.45, 2.75) is 16.2 Å². The molecule has 142 valence electrons. The lowest BCUT2D eigenvalue weighted by atomic mass is 10.0. The molecule has 0 radical (unpaired) electrons. The summed E-state index contributed by atoms with van der Waals surface area (Å²) in [7, 11) is 0. The third-order valence-electron chi connectivity index (χ3n) is 4.87. The standard InChI is InChI=1S/C21H25N3O2S/c25-12-14-26-13-7-16-5-6-19(24-10-8-22-9-11-24)17-15-23-18-3-1-2-4-20(18)27-21(16)17/h1-6,15,22,25H,7-14H2. The first-order valence-electron chi connectivity index (χ1n) is 9.48. The number of para-hydroxylation sites is 1. The minimum Gasteiger partial charge on any atom is -0.394 e. The van der Waals surface area contributed by atoms with Gasteiger partial charge in [0.1, 0.15) is 0 Å². The summed E-state index contributed by atoms with van der Waals surface area (Å²) in [6, 6.07) is 12.8. The molecule has 2 aromatic rings. The van der Waals surface area contributed by atoms with Gasteiger partial charge in [-0.25, -0.2) is 0 Å². The Bertz CT molecular complexity index is 819. The molecule has 0 bridgehead atoms. The van der Waals surface area contributed by atoms with Crippen LogP contribution in [0.2, 0.25) is 0 Å². The fourth-order valence-corrected chi connectivity index (χ4v) is 4.66. The van der Waals surface area contributed by atoms with Crippen molar-refractivity contribution in [2.75, 3.05) is 50.9 Å². The smallest absolute Gasteiger partial charge is 0.0769 e. The fraction of sp³-hybridized carbons (Fsp3) is 0.381. The van der Waals surface area contributed by atoms with Gasteiger partial charge in [0, 0.05) is 53.4 Å². The Morgan fingerprint density at radius 2 is 1.96 bits per heavy atom. The lowest BCUT2D eigenvalue weighted by molar-refractivity contribution is 0.0942. The average Bonchev–Trinajstić information content (AvgIpc) is 2.92. The number of rotatable bonds is 6. The van der Waals surface area contributed by atoms with Gasteiger partial charge in [-0.05, 0) is 30.2 Å². The van der Waals surface area contributed by atoms with E-state index in [0.29, 0.717) is 13.2 Å². The van der Waals surface area contributed by atoms with Gasteiger partial charge in [-0.3, -0.25) is 4.99 Å². The first-order chi connectivity index (χ1) is 13.4. The topological polar surface area (TPSA) is 57.1 Å². The maximum Gasteiger partial charge on any atom is 0.0769 e. The lowest BCUT2D eigenvalue weighted by Gasteiger charge is -2.31.